The normalized spacial score (nSPS) is 25.3. The summed E-state index contributed by atoms with van der Waals surface area (Å²) in [5, 5.41) is 3.17. The molecule has 0 radical (unpaired) electrons. The van der Waals surface area contributed by atoms with Gasteiger partial charge >= 0.3 is 0 Å². The monoisotopic (exact) mass is 301 g/mol. The number of likely N-dealkylation sites (tertiary alicyclic amines) is 1. The van der Waals surface area contributed by atoms with Crippen LogP contribution in [-0.4, -0.2) is 61.5 Å². The molecule has 2 unspecified atom stereocenters. The fraction of sp³-hybridized carbons (Fsp3) is 0.611. The lowest BCUT2D eigenvalue weighted by Gasteiger charge is -2.26. The number of fused-ring (bicyclic) bond motifs is 2. The van der Waals surface area contributed by atoms with Gasteiger partial charge in [0.1, 0.15) is 0 Å². The maximum Gasteiger partial charge on any atom is 0.254 e. The van der Waals surface area contributed by atoms with E-state index in [0.29, 0.717) is 12.1 Å². The van der Waals surface area contributed by atoms with Crippen LogP contribution in [0.3, 0.4) is 0 Å². The molecule has 2 heterocycles. The SMILES string of the molecule is CNCCc1ccccc1C(=O)N1CCC2CCC(C1)N2C. The van der Waals surface area contributed by atoms with Gasteiger partial charge in [-0.2, -0.15) is 0 Å². The molecule has 2 atom stereocenters. The summed E-state index contributed by atoms with van der Waals surface area (Å²) < 4.78 is 0. The average molecular weight is 301 g/mol. The van der Waals surface area contributed by atoms with Crippen LogP contribution in [0.1, 0.15) is 35.2 Å². The Hall–Kier alpha value is -1.39. The van der Waals surface area contributed by atoms with E-state index in [9.17, 15) is 4.79 Å². The van der Waals surface area contributed by atoms with Crippen LogP contribution in [0.15, 0.2) is 24.3 Å². The molecule has 4 nitrogen and oxygen atoms in total. The van der Waals surface area contributed by atoms with Crippen molar-refractivity contribution in [2.75, 3.05) is 33.7 Å². The first-order valence-corrected chi connectivity index (χ1v) is 8.44. The Balaban J connectivity index is 1.76. The summed E-state index contributed by atoms with van der Waals surface area (Å²) in [6.07, 6.45) is 4.53. The third-order valence-corrected chi connectivity index (χ3v) is 5.33. The highest BCUT2D eigenvalue weighted by Gasteiger charge is 2.36. The molecule has 2 fully saturated rings. The van der Waals surface area contributed by atoms with Gasteiger partial charge in [-0.25, -0.2) is 0 Å². The molecular formula is C18H27N3O. The van der Waals surface area contributed by atoms with Crippen molar-refractivity contribution in [2.45, 2.75) is 37.8 Å². The molecule has 2 aliphatic rings. The maximum atomic E-state index is 13.0. The first-order valence-electron chi connectivity index (χ1n) is 8.44. The van der Waals surface area contributed by atoms with Gasteiger partial charge in [0.2, 0.25) is 0 Å². The summed E-state index contributed by atoms with van der Waals surface area (Å²) in [6, 6.07) is 9.29. The summed E-state index contributed by atoms with van der Waals surface area (Å²) >= 11 is 0. The second-order valence-corrected chi connectivity index (χ2v) is 6.60. The molecule has 1 N–H and O–H groups in total. The highest BCUT2D eigenvalue weighted by Crippen LogP contribution is 2.29. The minimum Gasteiger partial charge on any atom is -0.337 e. The van der Waals surface area contributed by atoms with Crippen molar-refractivity contribution >= 4 is 5.91 Å². The Labute approximate surface area is 133 Å². The second-order valence-electron chi connectivity index (χ2n) is 6.60. The number of amides is 1. The van der Waals surface area contributed by atoms with Gasteiger partial charge in [-0.05, 0) is 58.0 Å². The molecule has 1 amide bonds. The van der Waals surface area contributed by atoms with Crippen LogP contribution < -0.4 is 5.32 Å². The number of nitrogens with one attached hydrogen (secondary N) is 1. The summed E-state index contributed by atoms with van der Waals surface area (Å²) in [4.78, 5) is 17.6. The Morgan fingerprint density at radius 3 is 2.82 bits per heavy atom. The zero-order chi connectivity index (χ0) is 15.5. The third-order valence-electron chi connectivity index (χ3n) is 5.33. The quantitative estimate of drug-likeness (QED) is 0.920. The number of carbonyl (C=O) groups is 1. The van der Waals surface area contributed by atoms with Crippen LogP contribution in [0, 0.1) is 0 Å². The minimum atomic E-state index is 0.215. The Morgan fingerprint density at radius 1 is 1.23 bits per heavy atom. The zero-order valence-corrected chi connectivity index (χ0v) is 13.7. The van der Waals surface area contributed by atoms with E-state index in [4.69, 9.17) is 0 Å². The van der Waals surface area contributed by atoms with E-state index in [1.165, 1.54) is 12.8 Å². The fourth-order valence-corrected chi connectivity index (χ4v) is 3.87. The van der Waals surface area contributed by atoms with Crippen LogP contribution >= 0.6 is 0 Å². The molecule has 1 aromatic rings. The topological polar surface area (TPSA) is 35.6 Å². The summed E-state index contributed by atoms with van der Waals surface area (Å²) in [5.41, 5.74) is 2.04. The van der Waals surface area contributed by atoms with Crippen molar-refractivity contribution in [1.29, 1.82) is 0 Å². The number of nitrogens with zero attached hydrogens (tertiary/aromatic N) is 2. The highest BCUT2D eigenvalue weighted by molar-refractivity contribution is 5.95. The van der Waals surface area contributed by atoms with Crippen LogP contribution in [0.25, 0.3) is 0 Å². The molecular weight excluding hydrogens is 274 g/mol. The number of hydrogen-bond acceptors (Lipinski definition) is 3. The van der Waals surface area contributed by atoms with Gasteiger partial charge in [0.05, 0.1) is 0 Å². The van der Waals surface area contributed by atoms with E-state index in [1.54, 1.807) is 0 Å². The molecule has 2 aliphatic heterocycles. The molecule has 22 heavy (non-hydrogen) atoms. The predicted molar refractivity (Wildman–Crippen MR) is 89.2 cm³/mol. The second kappa shape index (κ2) is 6.80. The standard InChI is InChI=1S/C18H27N3O/c1-19-11-9-14-5-3-4-6-17(14)18(22)21-12-10-15-7-8-16(13-21)20(15)2/h3-6,15-16,19H,7-13H2,1-2H3. The minimum absolute atomic E-state index is 0.215. The van der Waals surface area contributed by atoms with E-state index < -0.39 is 0 Å². The van der Waals surface area contributed by atoms with Gasteiger partial charge in [-0.15, -0.1) is 0 Å². The summed E-state index contributed by atoms with van der Waals surface area (Å²) in [5.74, 6) is 0.215. The van der Waals surface area contributed by atoms with Crippen LogP contribution in [0.4, 0.5) is 0 Å². The van der Waals surface area contributed by atoms with Crippen molar-refractivity contribution in [1.82, 2.24) is 15.1 Å². The molecule has 2 bridgehead atoms. The summed E-state index contributed by atoms with van der Waals surface area (Å²) in [6.45, 7) is 2.68. The van der Waals surface area contributed by atoms with Gasteiger partial charge in [0, 0.05) is 30.7 Å². The number of rotatable bonds is 4. The molecule has 2 saturated heterocycles. The number of hydrogen-bond donors (Lipinski definition) is 1. The van der Waals surface area contributed by atoms with E-state index in [2.05, 4.69) is 28.2 Å². The van der Waals surface area contributed by atoms with E-state index in [0.717, 1.165) is 43.6 Å². The number of carbonyl (C=O) groups excluding carboxylic acids is 1. The number of likely N-dealkylation sites (N-methyl/N-ethyl adjacent to an activating group) is 2. The van der Waals surface area contributed by atoms with Gasteiger partial charge in [0.15, 0.2) is 0 Å². The zero-order valence-electron chi connectivity index (χ0n) is 13.7. The Morgan fingerprint density at radius 2 is 2.00 bits per heavy atom. The van der Waals surface area contributed by atoms with Gasteiger partial charge in [-0.3, -0.25) is 9.69 Å². The largest absolute Gasteiger partial charge is 0.337 e. The van der Waals surface area contributed by atoms with Crippen molar-refractivity contribution in [3.8, 4) is 0 Å². The van der Waals surface area contributed by atoms with Crippen LogP contribution in [0.2, 0.25) is 0 Å². The maximum absolute atomic E-state index is 13.0. The molecule has 3 rings (SSSR count). The van der Waals surface area contributed by atoms with Gasteiger partial charge in [-0.1, -0.05) is 18.2 Å². The number of benzene rings is 1. The molecule has 0 saturated carbocycles. The van der Waals surface area contributed by atoms with Crippen molar-refractivity contribution in [3.05, 3.63) is 35.4 Å². The van der Waals surface area contributed by atoms with Crippen molar-refractivity contribution in [3.63, 3.8) is 0 Å². The third kappa shape index (κ3) is 3.03. The molecule has 4 heteroatoms. The molecule has 0 aromatic heterocycles. The van der Waals surface area contributed by atoms with E-state index in [-0.39, 0.29) is 5.91 Å². The predicted octanol–water partition coefficient (Wildman–Crippen LogP) is 1.76. The summed E-state index contributed by atoms with van der Waals surface area (Å²) in [7, 11) is 4.17. The lowest BCUT2D eigenvalue weighted by molar-refractivity contribution is 0.0739. The first-order chi connectivity index (χ1) is 10.7. The smallest absolute Gasteiger partial charge is 0.254 e. The molecule has 120 valence electrons. The van der Waals surface area contributed by atoms with Crippen LogP contribution in [-0.2, 0) is 6.42 Å². The molecule has 1 aromatic carbocycles. The van der Waals surface area contributed by atoms with Gasteiger partial charge < -0.3 is 10.2 Å². The van der Waals surface area contributed by atoms with Crippen molar-refractivity contribution in [2.24, 2.45) is 0 Å². The fourth-order valence-electron chi connectivity index (χ4n) is 3.87. The van der Waals surface area contributed by atoms with E-state index in [1.807, 2.05) is 25.2 Å². The van der Waals surface area contributed by atoms with Gasteiger partial charge in [0.25, 0.3) is 5.91 Å². The van der Waals surface area contributed by atoms with Crippen LogP contribution in [0.5, 0.6) is 0 Å². The lowest BCUT2D eigenvalue weighted by atomic mass is 10.0. The van der Waals surface area contributed by atoms with Crippen molar-refractivity contribution < 1.29 is 4.79 Å². The highest BCUT2D eigenvalue weighted by atomic mass is 16.2. The lowest BCUT2D eigenvalue weighted by Crippen LogP contribution is -2.40. The first kappa shape index (κ1) is 15.5. The molecule has 0 spiro atoms. The Bertz CT molecular complexity index is 531. The molecule has 0 aliphatic carbocycles. The average Bonchev–Trinajstić information content (AvgIpc) is 2.78. The van der Waals surface area contributed by atoms with E-state index >= 15 is 0 Å². The Kier molecular flexibility index (Phi) is 4.79.